The van der Waals surface area contributed by atoms with Crippen molar-refractivity contribution in [2.75, 3.05) is 19.8 Å². The summed E-state index contributed by atoms with van der Waals surface area (Å²) in [6.45, 7) is 3.84. The molecule has 0 saturated heterocycles. The van der Waals surface area contributed by atoms with Crippen LogP contribution in [0.3, 0.4) is 0 Å². The molecule has 0 aromatic heterocycles. The Kier molecular flexibility index (Phi) is 22.7. The zero-order chi connectivity index (χ0) is 32.6. The van der Waals surface area contributed by atoms with Gasteiger partial charge >= 0.3 is 7.32 Å². The molecule has 240 valence electrons. The normalized spacial score (nSPS) is 10.7. The molecular formula is C30H45BO12. The lowest BCUT2D eigenvalue weighted by molar-refractivity contribution is -0.126. The smallest absolute Gasteiger partial charge is 0.385 e. The molecule has 0 bridgehead atoms. The van der Waals surface area contributed by atoms with Crippen LogP contribution in [0.4, 0.5) is 0 Å². The molecule has 12 nitrogen and oxygen atoms in total. The number of carbonyl (C=O) groups excluding carboxylic acids is 9. The van der Waals surface area contributed by atoms with Gasteiger partial charge in [0.15, 0.2) is 0 Å². The van der Waals surface area contributed by atoms with Gasteiger partial charge in [0, 0.05) is 116 Å². The number of rotatable bonds is 30. The highest BCUT2D eigenvalue weighted by molar-refractivity contribution is 6.36. The van der Waals surface area contributed by atoms with E-state index in [2.05, 4.69) is 0 Å². The van der Waals surface area contributed by atoms with Gasteiger partial charge in [0.2, 0.25) is 0 Å². The molecule has 43 heavy (non-hydrogen) atoms. The fourth-order valence-electron chi connectivity index (χ4n) is 3.48. The molecule has 0 fully saturated rings. The van der Waals surface area contributed by atoms with Gasteiger partial charge in [-0.1, -0.05) is 0 Å². The molecule has 0 N–H and O–H groups in total. The van der Waals surface area contributed by atoms with E-state index in [1.807, 2.05) is 0 Å². The van der Waals surface area contributed by atoms with Crippen molar-refractivity contribution in [1.29, 1.82) is 0 Å². The Bertz CT molecular complexity index is 864. The molecule has 0 heterocycles. The lowest BCUT2D eigenvalue weighted by Crippen LogP contribution is -2.30. The summed E-state index contributed by atoms with van der Waals surface area (Å²) in [5, 5.41) is 0. The first-order chi connectivity index (χ1) is 20.3. The van der Waals surface area contributed by atoms with E-state index in [1.54, 1.807) is 0 Å². The average Bonchev–Trinajstić information content (AvgIpc) is 2.94. The molecule has 0 atom stereocenters. The van der Waals surface area contributed by atoms with Gasteiger partial charge in [-0.25, -0.2) is 0 Å². The van der Waals surface area contributed by atoms with Crippen molar-refractivity contribution in [3.8, 4) is 0 Å². The molecule has 0 amide bonds. The van der Waals surface area contributed by atoms with Crippen molar-refractivity contribution in [2.45, 2.75) is 117 Å². The lowest BCUT2D eigenvalue weighted by atomic mass is 10.1. The second-order valence-electron chi connectivity index (χ2n) is 10.5. The van der Waals surface area contributed by atoms with Crippen molar-refractivity contribution in [3.63, 3.8) is 0 Å². The van der Waals surface area contributed by atoms with Crippen molar-refractivity contribution in [3.05, 3.63) is 0 Å². The van der Waals surface area contributed by atoms with E-state index in [0.29, 0.717) is 0 Å². The van der Waals surface area contributed by atoms with Gasteiger partial charge in [0.05, 0.1) is 0 Å². The maximum absolute atomic E-state index is 12.1. The Morgan fingerprint density at radius 2 is 0.512 bits per heavy atom. The van der Waals surface area contributed by atoms with Crippen LogP contribution >= 0.6 is 0 Å². The molecular weight excluding hydrogens is 563 g/mol. The zero-order valence-corrected chi connectivity index (χ0v) is 25.7. The van der Waals surface area contributed by atoms with Crippen molar-refractivity contribution in [2.24, 2.45) is 0 Å². The van der Waals surface area contributed by atoms with Crippen molar-refractivity contribution >= 4 is 59.4 Å². The van der Waals surface area contributed by atoms with Gasteiger partial charge in [-0.05, 0) is 20.8 Å². The van der Waals surface area contributed by atoms with Gasteiger partial charge < -0.3 is 28.3 Å². The van der Waals surface area contributed by atoms with E-state index in [0.717, 1.165) is 0 Å². The second-order valence-corrected chi connectivity index (χ2v) is 10.5. The SMILES string of the molecule is CC(=O)CCC(=O)CCC(=O)CCOB(OCCC(=O)CCC(=O)CCC(C)=O)OCCC(=O)CCC(=O)CCC(C)=O. The lowest BCUT2D eigenvalue weighted by Gasteiger charge is -2.14. The number of hydrogen-bond acceptors (Lipinski definition) is 12. The van der Waals surface area contributed by atoms with Crippen LogP contribution in [0.25, 0.3) is 0 Å². The van der Waals surface area contributed by atoms with E-state index in [9.17, 15) is 43.2 Å². The summed E-state index contributed by atoms with van der Waals surface area (Å²) >= 11 is 0. The summed E-state index contributed by atoms with van der Waals surface area (Å²) in [6, 6.07) is 0. The highest BCUT2D eigenvalue weighted by Gasteiger charge is 2.23. The molecule has 0 aromatic carbocycles. The first-order valence-corrected chi connectivity index (χ1v) is 14.7. The van der Waals surface area contributed by atoms with Crippen molar-refractivity contribution < 1.29 is 57.1 Å². The molecule has 0 spiro atoms. The third-order valence-corrected chi connectivity index (χ3v) is 6.22. The minimum absolute atomic E-state index is 0.00571. The number of hydrogen-bond donors (Lipinski definition) is 0. The molecule has 13 heteroatoms. The number of carbonyl (C=O) groups is 9. The predicted octanol–water partition coefficient (Wildman–Crippen LogP) is 3.05. The molecule has 0 radical (unpaired) electrons. The highest BCUT2D eigenvalue weighted by Crippen LogP contribution is 2.07. The fourth-order valence-corrected chi connectivity index (χ4v) is 3.48. The quantitative estimate of drug-likeness (QED) is 0.109. The molecule has 0 aliphatic carbocycles. The Morgan fingerprint density at radius 3 is 0.721 bits per heavy atom. The number of ketones is 9. The molecule has 0 aliphatic heterocycles. The molecule has 0 aromatic rings. The van der Waals surface area contributed by atoms with Crippen LogP contribution in [-0.4, -0.2) is 79.2 Å². The Labute approximate surface area is 253 Å². The second kappa shape index (κ2) is 24.4. The zero-order valence-electron chi connectivity index (χ0n) is 25.7. The van der Waals surface area contributed by atoms with Gasteiger partial charge in [-0.2, -0.15) is 0 Å². The maximum atomic E-state index is 12.1. The van der Waals surface area contributed by atoms with Crippen LogP contribution in [0.5, 0.6) is 0 Å². The standard InChI is InChI=1S/C30H45BO12/c1-22(32)4-7-25(35)10-13-28(38)16-19-41-31(42-20-17-29(39)14-11-26(36)8-5-23(2)33)43-21-18-30(40)15-12-27(37)9-6-24(3)34/h4-21H2,1-3H3. The maximum Gasteiger partial charge on any atom is 0.639 e. The summed E-state index contributed by atoms with van der Waals surface area (Å²) in [5.74, 6) is -1.52. The van der Waals surface area contributed by atoms with Crippen LogP contribution in [0.15, 0.2) is 0 Å². The molecule has 0 rings (SSSR count). The topological polar surface area (TPSA) is 181 Å². The first-order valence-electron chi connectivity index (χ1n) is 14.7. The van der Waals surface area contributed by atoms with Crippen LogP contribution in [0.2, 0.25) is 0 Å². The van der Waals surface area contributed by atoms with E-state index in [4.69, 9.17) is 14.0 Å². The van der Waals surface area contributed by atoms with E-state index >= 15 is 0 Å². The van der Waals surface area contributed by atoms with Gasteiger partial charge in [0.1, 0.15) is 52.0 Å². The number of Topliss-reactive ketones (excluding diaryl/α,β-unsaturated/α-hetero) is 9. The van der Waals surface area contributed by atoms with Gasteiger partial charge in [-0.3, -0.25) is 28.8 Å². The van der Waals surface area contributed by atoms with E-state index in [-0.39, 0.29) is 168 Å². The van der Waals surface area contributed by atoms with Gasteiger partial charge in [-0.15, -0.1) is 0 Å². The third-order valence-electron chi connectivity index (χ3n) is 6.22. The largest absolute Gasteiger partial charge is 0.639 e. The molecule has 0 saturated carbocycles. The predicted molar refractivity (Wildman–Crippen MR) is 155 cm³/mol. The minimum atomic E-state index is -1.29. The highest BCUT2D eigenvalue weighted by atomic mass is 16.7. The van der Waals surface area contributed by atoms with Crippen LogP contribution < -0.4 is 0 Å². The summed E-state index contributed by atoms with van der Waals surface area (Å²) < 4.78 is 16.4. The van der Waals surface area contributed by atoms with Crippen LogP contribution in [0.1, 0.15) is 117 Å². The Morgan fingerprint density at radius 1 is 0.326 bits per heavy atom. The Balaban J connectivity index is 4.63. The van der Waals surface area contributed by atoms with E-state index < -0.39 is 7.32 Å². The Hall–Kier alpha value is -3.03. The van der Waals surface area contributed by atoms with Gasteiger partial charge in [0.25, 0.3) is 0 Å². The molecule has 0 unspecified atom stereocenters. The summed E-state index contributed by atoms with van der Waals surface area (Å²) in [5.41, 5.74) is 0. The third kappa shape index (κ3) is 26.3. The summed E-state index contributed by atoms with van der Waals surface area (Å²) in [7, 11) is -1.29. The van der Waals surface area contributed by atoms with Crippen LogP contribution in [-0.2, 0) is 57.1 Å². The minimum Gasteiger partial charge on any atom is -0.385 e. The van der Waals surface area contributed by atoms with Crippen LogP contribution in [0, 0.1) is 0 Å². The average molecular weight is 608 g/mol. The summed E-state index contributed by atoms with van der Waals surface area (Å²) in [6.07, 6.45) is 0.715. The fraction of sp³-hybridized carbons (Fsp3) is 0.700. The first kappa shape index (κ1) is 40.0. The monoisotopic (exact) mass is 608 g/mol. The van der Waals surface area contributed by atoms with E-state index in [1.165, 1.54) is 20.8 Å². The summed E-state index contributed by atoms with van der Waals surface area (Å²) in [4.78, 5) is 105. The molecule has 0 aliphatic rings. The van der Waals surface area contributed by atoms with Crippen molar-refractivity contribution in [1.82, 2.24) is 0 Å².